The molecule has 0 aliphatic heterocycles. The summed E-state index contributed by atoms with van der Waals surface area (Å²) in [7, 11) is -3.69. The van der Waals surface area contributed by atoms with Gasteiger partial charge in [0.15, 0.2) is 0 Å². The first-order chi connectivity index (χ1) is 7.47. The maximum absolute atomic E-state index is 11.6. The van der Waals surface area contributed by atoms with Gasteiger partial charge in [-0.1, -0.05) is 0 Å². The van der Waals surface area contributed by atoms with Crippen LogP contribution in [-0.2, 0) is 10.0 Å². The van der Waals surface area contributed by atoms with E-state index in [1.165, 1.54) is 24.3 Å². The molecule has 1 aromatic rings. The fourth-order valence-electron chi connectivity index (χ4n) is 1.29. The Hall–Kier alpha value is -1.40. The quantitative estimate of drug-likeness (QED) is 0.792. The number of nitrogens with one attached hydrogen (secondary N) is 1. The molecule has 16 heavy (non-hydrogen) atoms. The van der Waals surface area contributed by atoms with Gasteiger partial charge in [0.2, 0.25) is 10.0 Å². The molecule has 1 fully saturated rings. The summed E-state index contributed by atoms with van der Waals surface area (Å²) in [6.07, 6.45) is 2.03. The Labute approximate surface area is 93.7 Å². The van der Waals surface area contributed by atoms with Gasteiger partial charge >= 0.3 is 0 Å². The van der Waals surface area contributed by atoms with E-state index in [0.717, 1.165) is 12.8 Å². The van der Waals surface area contributed by atoms with Crippen molar-refractivity contribution >= 4 is 15.9 Å². The first-order valence-electron chi connectivity index (χ1n) is 4.90. The highest BCUT2D eigenvalue weighted by atomic mass is 32.2. The highest BCUT2D eigenvalue weighted by Crippen LogP contribution is 2.19. The minimum Gasteiger partial charge on any atom is -0.349 e. The van der Waals surface area contributed by atoms with E-state index in [2.05, 4.69) is 5.32 Å². The standard InChI is InChI=1S/C10H12N2O3S/c11-16(14,15)9-5-1-7(2-6-9)10(13)12-8-3-4-8/h1-2,5-6,8H,3-4H2,(H,12,13)(H2,11,14,15). The van der Waals surface area contributed by atoms with E-state index in [4.69, 9.17) is 5.14 Å². The molecule has 0 heterocycles. The number of carbonyl (C=O) groups excluding carboxylic acids is 1. The number of amides is 1. The molecule has 0 saturated heterocycles. The predicted molar refractivity (Wildman–Crippen MR) is 58.3 cm³/mol. The Morgan fingerprint density at radius 3 is 2.25 bits per heavy atom. The molecular formula is C10H12N2O3S. The number of hydrogen-bond acceptors (Lipinski definition) is 3. The van der Waals surface area contributed by atoms with Crippen LogP contribution in [0.15, 0.2) is 29.2 Å². The van der Waals surface area contributed by atoms with Crippen molar-refractivity contribution in [2.75, 3.05) is 0 Å². The number of hydrogen-bond donors (Lipinski definition) is 2. The van der Waals surface area contributed by atoms with Crippen LogP contribution in [0.3, 0.4) is 0 Å². The summed E-state index contributed by atoms with van der Waals surface area (Å²) in [4.78, 5) is 11.6. The Morgan fingerprint density at radius 1 is 1.25 bits per heavy atom. The highest BCUT2D eigenvalue weighted by Gasteiger charge is 2.23. The Bertz CT molecular complexity index is 503. The monoisotopic (exact) mass is 240 g/mol. The topological polar surface area (TPSA) is 89.3 Å². The van der Waals surface area contributed by atoms with Crippen LogP contribution in [0.5, 0.6) is 0 Å². The summed E-state index contributed by atoms with van der Waals surface area (Å²) < 4.78 is 22.0. The summed E-state index contributed by atoms with van der Waals surface area (Å²) in [6.45, 7) is 0. The number of primary sulfonamides is 1. The Morgan fingerprint density at radius 2 is 1.81 bits per heavy atom. The third kappa shape index (κ3) is 2.59. The minimum absolute atomic E-state index is 0.00970. The fourth-order valence-corrected chi connectivity index (χ4v) is 1.81. The van der Waals surface area contributed by atoms with E-state index in [0.29, 0.717) is 5.56 Å². The zero-order valence-corrected chi connectivity index (χ0v) is 9.33. The predicted octanol–water partition coefficient (Wildman–Crippen LogP) is 0.226. The van der Waals surface area contributed by atoms with Gasteiger partial charge in [-0.2, -0.15) is 0 Å². The molecule has 0 bridgehead atoms. The van der Waals surface area contributed by atoms with E-state index in [1.54, 1.807) is 0 Å². The van der Waals surface area contributed by atoms with E-state index in [-0.39, 0.29) is 16.8 Å². The van der Waals surface area contributed by atoms with Gasteiger partial charge in [-0.25, -0.2) is 13.6 Å². The molecule has 1 saturated carbocycles. The molecule has 86 valence electrons. The summed E-state index contributed by atoms with van der Waals surface area (Å²) in [5.41, 5.74) is 0.444. The molecule has 0 radical (unpaired) electrons. The average molecular weight is 240 g/mol. The molecule has 0 aromatic heterocycles. The van der Waals surface area contributed by atoms with Crippen LogP contribution in [0.4, 0.5) is 0 Å². The van der Waals surface area contributed by atoms with Gasteiger partial charge in [-0.05, 0) is 37.1 Å². The van der Waals surface area contributed by atoms with Crippen LogP contribution in [0.1, 0.15) is 23.2 Å². The fraction of sp³-hybridized carbons (Fsp3) is 0.300. The van der Waals surface area contributed by atoms with E-state index < -0.39 is 10.0 Å². The van der Waals surface area contributed by atoms with Gasteiger partial charge in [0.25, 0.3) is 5.91 Å². The minimum atomic E-state index is -3.69. The third-order valence-corrected chi connectivity index (χ3v) is 3.29. The molecule has 3 N–H and O–H groups in total. The lowest BCUT2D eigenvalue weighted by molar-refractivity contribution is 0.0951. The van der Waals surface area contributed by atoms with Crippen molar-refractivity contribution in [2.45, 2.75) is 23.8 Å². The first kappa shape index (κ1) is 11.1. The largest absolute Gasteiger partial charge is 0.349 e. The summed E-state index contributed by atoms with van der Waals surface area (Å²) in [5.74, 6) is -0.177. The van der Waals surface area contributed by atoms with Gasteiger partial charge in [0.05, 0.1) is 4.90 Å². The number of benzene rings is 1. The molecular weight excluding hydrogens is 228 g/mol. The Balaban J connectivity index is 2.15. The van der Waals surface area contributed by atoms with Crippen LogP contribution in [0, 0.1) is 0 Å². The molecule has 1 aliphatic carbocycles. The summed E-state index contributed by atoms with van der Waals surface area (Å²) in [6, 6.07) is 5.86. The lowest BCUT2D eigenvalue weighted by Crippen LogP contribution is -2.25. The van der Waals surface area contributed by atoms with Crippen molar-refractivity contribution in [1.82, 2.24) is 5.32 Å². The molecule has 0 unspecified atom stereocenters. The summed E-state index contributed by atoms with van der Waals surface area (Å²) >= 11 is 0. The average Bonchev–Trinajstić information content (AvgIpc) is 3.00. The SMILES string of the molecule is NS(=O)(=O)c1ccc(C(=O)NC2CC2)cc1. The van der Waals surface area contributed by atoms with Crippen molar-refractivity contribution in [2.24, 2.45) is 5.14 Å². The van der Waals surface area contributed by atoms with Crippen LogP contribution in [0.2, 0.25) is 0 Å². The van der Waals surface area contributed by atoms with Crippen molar-refractivity contribution in [3.8, 4) is 0 Å². The lowest BCUT2D eigenvalue weighted by atomic mass is 10.2. The lowest BCUT2D eigenvalue weighted by Gasteiger charge is -2.03. The van der Waals surface area contributed by atoms with Crippen LogP contribution in [-0.4, -0.2) is 20.4 Å². The highest BCUT2D eigenvalue weighted by molar-refractivity contribution is 7.89. The van der Waals surface area contributed by atoms with Crippen LogP contribution < -0.4 is 10.5 Å². The third-order valence-electron chi connectivity index (χ3n) is 2.36. The van der Waals surface area contributed by atoms with Crippen LogP contribution in [0.25, 0.3) is 0 Å². The van der Waals surface area contributed by atoms with Crippen molar-refractivity contribution in [1.29, 1.82) is 0 Å². The Kier molecular flexibility index (Phi) is 2.69. The zero-order chi connectivity index (χ0) is 11.8. The maximum atomic E-state index is 11.6. The number of rotatable bonds is 3. The normalized spacial score (nSPS) is 15.8. The molecule has 6 heteroatoms. The number of carbonyl (C=O) groups is 1. The van der Waals surface area contributed by atoms with Crippen molar-refractivity contribution in [3.63, 3.8) is 0 Å². The maximum Gasteiger partial charge on any atom is 0.251 e. The molecule has 1 amide bonds. The van der Waals surface area contributed by atoms with Crippen molar-refractivity contribution in [3.05, 3.63) is 29.8 Å². The second-order valence-corrected chi connectivity index (χ2v) is 5.38. The van der Waals surface area contributed by atoms with Gasteiger partial charge in [0, 0.05) is 11.6 Å². The first-order valence-corrected chi connectivity index (χ1v) is 6.45. The smallest absolute Gasteiger partial charge is 0.251 e. The molecule has 1 aliphatic rings. The van der Waals surface area contributed by atoms with E-state index in [1.807, 2.05) is 0 Å². The van der Waals surface area contributed by atoms with E-state index in [9.17, 15) is 13.2 Å². The molecule has 2 rings (SSSR count). The molecule has 0 atom stereocenters. The number of nitrogens with two attached hydrogens (primary N) is 1. The second-order valence-electron chi connectivity index (χ2n) is 3.82. The van der Waals surface area contributed by atoms with Crippen molar-refractivity contribution < 1.29 is 13.2 Å². The van der Waals surface area contributed by atoms with Crippen LogP contribution >= 0.6 is 0 Å². The summed E-state index contributed by atoms with van der Waals surface area (Å²) in [5, 5.41) is 7.75. The second kappa shape index (κ2) is 3.88. The molecule has 0 spiro atoms. The molecule has 1 aromatic carbocycles. The van der Waals surface area contributed by atoms with Gasteiger partial charge < -0.3 is 5.32 Å². The zero-order valence-electron chi connectivity index (χ0n) is 8.51. The van der Waals surface area contributed by atoms with Gasteiger partial charge in [-0.3, -0.25) is 4.79 Å². The van der Waals surface area contributed by atoms with Gasteiger partial charge in [0.1, 0.15) is 0 Å². The van der Waals surface area contributed by atoms with E-state index >= 15 is 0 Å². The number of sulfonamides is 1. The molecule has 5 nitrogen and oxygen atoms in total. The van der Waals surface area contributed by atoms with Gasteiger partial charge in [-0.15, -0.1) is 0 Å².